The molecule has 0 aliphatic carbocycles. The van der Waals surface area contributed by atoms with Gasteiger partial charge in [0.05, 0.1) is 0 Å². The third-order valence-electron chi connectivity index (χ3n) is 3.36. The zero-order chi connectivity index (χ0) is 14.1. The van der Waals surface area contributed by atoms with Crippen molar-refractivity contribution in [2.45, 2.75) is 52.5 Å². The topological polar surface area (TPSA) is 39.1 Å². The van der Waals surface area contributed by atoms with Gasteiger partial charge in [0.1, 0.15) is 0 Å². The normalized spacial score (nSPS) is 12.9. The summed E-state index contributed by atoms with van der Waals surface area (Å²) in [5.74, 6) is 1.77. The molecule has 0 amide bonds. The van der Waals surface area contributed by atoms with Crippen LogP contribution in [-0.4, -0.2) is 29.8 Å². The molecule has 110 valence electrons. The van der Waals surface area contributed by atoms with Crippen LogP contribution < -0.4 is 5.32 Å². The molecule has 1 unspecified atom stereocenters. The number of hydrogen-bond donors (Lipinski definition) is 1. The summed E-state index contributed by atoms with van der Waals surface area (Å²) in [7, 11) is 1.73. The second kappa shape index (κ2) is 8.97. The largest absolute Gasteiger partial charge is 0.385 e. The minimum absolute atomic E-state index is 0.506. The van der Waals surface area contributed by atoms with Crippen LogP contribution in [0.3, 0.4) is 0 Å². The molecule has 0 saturated heterocycles. The van der Waals surface area contributed by atoms with E-state index in [1.54, 1.807) is 7.11 Å². The number of nitrogens with one attached hydrogen (secondary N) is 1. The zero-order valence-corrected chi connectivity index (χ0v) is 12.9. The third kappa shape index (κ3) is 6.10. The van der Waals surface area contributed by atoms with Gasteiger partial charge in [-0.3, -0.25) is 0 Å². The SMILES string of the molecule is COCCCNc1nccn1C(C)CCCC(C)C. The van der Waals surface area contributed by atoms with E-state index in [1.807, 2.05) is 6.20 Å². The fourth-order valence-corrected chi connectivity index (χ4v) is 2.18. The Labute approximate surface area is 117 Å². The van der Waals surface area contributed by atoms with Crippen LogP contribution in [0.2, 0.25) is 0 Å². The summed E-state index contributed by atoms with van der Waals surface area (Å²) >= 11 is 0. The van der Waals surface area contributed by atoms with Crippen molar-refractivity contribution < 1.29 is 4.74 Å². The first-order valence-corrected chi connectivity index (χ1v) is 7.40. The summed E-state index contributed by atoms with van der Waals surface area (Å²) in [5, 5.41) is 3.38. The van der Waals surface area contributed by atoms with Gasteiger partial charge >= 0.3 is 0 Å². The number of nitrogens with zero attached hydrogens (tertiary/aromatic N) is 2. The predicted molar refractivity (Wildman–Crippen MR) is 80.6 cm³/mol. The summed E-state index contributed by atoms with van der Waals surface area (Å²) in [6, 6.07) is 0.506. The molecule has 0 aromatic carbocycles. The zero-order valence-electron chi connectivity index (χ0n) is 12.9. The van der Waals surface area contributed by atoms with Crippen molar-refractivity contribution in [3.05, 3.63) is 12.4 Å². The van der Waals surface area contributed by atoms with Gasteiger partial charge in [-0.25, -0.2) is 4.98 Å². The van der Waals surface area contributed by atoms with Gasteiger partial charge < -0.3 is 14.6 Å². The maximum Gasteiger partial charge on any atom is 0.203 e. The monoisotopic (exact) mass is 267 g/mol. The first-order chi connectivity index (χ1) is 9.15. The Morgan fingerprint density at radius 2 is 2.05 bits per heavy atom. The molecule has 1 N–H and O–H groups in total. The standard InChI is InChI=1S/C15H29N3O/c1-13(2)7-5-8-14(3)18-11-10-17-15(18)16-9-6-12-19-4/h10-11,13-14H,5-9,12H2,1-4H3,(H,16,17). The van der Waals surface area contributed by atoms with Crippen LogP contribution in [0.4, 0.5) is 5.95 Å². The molecular weight excluding hydrogens is 238 g/mol. The number of rotatable bonds is 10. The van der Waals surface area contributed by atoms with Crippen molar-refractivity contribution in [1.29, 1.82) is 0 Å². The first kappa shape index (κ1) is 16.0. The van der Waals surface area contributed by atoms with Crippen LogP contribution in [0.1, 0.15) is 52.5 Å². The predicted octanol–water partition coefficient (Wildman–Crippen LogP) is 3.72. The van der Waals surface area contributed by atoms with Crippen molar-refractivity contribution in [2.75, 3.05) is 25.6 Å². The van der Waals surface area contributed by atoms with Crippen molar-refractivity contribution >= 4 is 5.95 Å². The minimum Gasteiger partial charge on any atom is -0.385 e. The molecule has 4 nitrogen and oxygen atoms in total. The van der Waals surface area contributed by atoms with E-state index in [0.29, 0.717) is 6.04 Å². The molecule has 0 spiro atoms. The molecule has 0 bridgehead atoms. The number of ether oxygens (including phenoxy) is 1. The maximum absolute atomic E-state index is 5.05. The van der Waals surface area contributed by atoms with E-state index in [-0.39, 0.29) is 0 Å². The van der Waals surface area contributed by atoms with Gasteiger partial charge in [-0.05, 0) is 25.7 Å². The Morgan fingerprint density at radius 3 is 2.74 bits per heavy atom. The van der Waals surface area contributed by atoms with Crippen molar-refractivity contribution in [2.24, 2.45) is 5.92 Å². The van der Waals surface area contributed by atoms with Crippen LogP contribution in [-0.2, 0) is 4.74 Å². The summed E-state index contributed by atoms with van der Waals surface area (Å²) in [6.45, 7) is 8.53. The lowest BCUT2D eigenvalue weighted by Crippen LogP contribution is -2.13. The van der Waals surface area contributed by atoms with E-state index in [4.69, 9.17) is 4.74 Å². The Bertz CT molecular complexity index is 336. The van der Waals surface area contributed by atoms with Crippen LogP contribution in [0.5, 0.6) is 0 Å². The highest BCUT2D eigenvalue weighted by Gasteiger charge is 2.09. The van der Waals surface area contributed by atoms with Crippen LogP contribution in [0, 0.1) is 5.92 Å². The van der Waals surface area contributed by atoms with Gasteiger partial charge in [0, 0.05) is 38.7 Å². The molecule has 19 heavy (non-hydrogen) atoms. The molecule has 1 aromatic rings. The Hall–Kier alpha value is -1.03. The fraction of sp³-hybridized carbons (Fsp3) is 0.800. The van der Waals surface area contributed by atoms with Crippen LogP contribution >= 0.6 is 0 Å². The van der Waals surface area contributed by atoms with E-state index >= 15 is 0 Å². The molecule has 0 radical (unpaired) electrons. The van der Waals surface area contributed by atoms with Crippen molar-refractivity contribution in [3.8, 4) is 0 Å². The Morgan fingerprint density at radius 1 is 1.26 bits per heavy atom. The maximum atomic E-state index is 5.05. The lowest BCUT2D eigenvalue weighted by atomic mass is 10.0. The van der Waals surface area contributed by atoms with Gasteiger partial charge in [0.2, 0.25) is 5.95 Å². The first-order valence-electron chi connectivity index (χ1n) is 7.40. The molecule has 0 aliphatic rings. The third-order valence-corrected chi connectivity index (χ3v) is 3.36. The smallest absolute Gasteiger partial charge is 0.203 e. The average molecular weight is 267 g/mol. The number of aromatic nitrogens is 2. The quantitative estimate of drug-likeness (QED) is 0.657. The summed E-state index contributed by atoms with van der Waals surface area (Å²) in [6.07, 6.45) is 8.73. The van der Waals surface area contributed by atoms with Gasteiger partial charge in [-0.15, -0.1) is 0 Å². The van der Waals surface area contributed by atoms with E-state index in [9.17, 15) is 0 Å². The highest BCUT2D eigenvalue weighted by atomic mass is 16.5. The van der Waals surface area contributed by atoms with Gasteiger partial charge in [0.15, 0.2) is 0 Å². The van der Waals surface area contributed by atoms with Gasteiger partial charge in [0.25, 0.3) is 0 Å². The van der Waals surface area contributed by atoms with E-state index in [2.05, 4.69) is 41.8 Å². The van der Waals surface area contributed by atoms with Crippen molar-refractivity contribution in [1.82, 2.24) is 9.55 Å². The van der Waals surface area contributed by atoms with Crippen molar-refractivity contribution in [3.63, 3.8) is 0 Å². The second-order valence-electron chi connectivity index (χ2n) is 5.61. The summed E-state index contributed by atoms with van der Waals surface area (Å²) in [5.41, 5.74) is 0. The highest BCUT2D eigenvalue weighted by Crippen LogP contribution is 2.20. The highest BCUT2D eigenvalue weighted by molar-refractivity contribution is 5.26. The molecule has 1 atom stereocenters. The second-order valence-corrected chi connectivity index (χ2v) is 5.61. The average Bonchev–Trinajstić information content (AvgIpc) is 2.82. The number of anilines is 1. The lowest BCUT2D eigenvalue weighted by molar-refractivity contribution is 0.197. The van der Waals surface area contributed by atoms with Crippen LogP contribution in [0.15, 0.2) is 12.4 Å². The van der Waals surface area contributed by atoms with E-state index < -0.39 is 0 Å². The summed E-state index contributed by atoms with van der Waals surface area (Å²) in [4.78, 5) is 4.39. The van der Waals surface area contributed by atoms with Gasteiger partial charge in [-0.2, -0.15) is 0 Å². The number of methoxy groups -OCH3 is 1. The molecule has 1 aromatic heterocycles. The number of imidazole rings is 1. The molecule has 0 aliphatic heterocycles. The molecule has 4 heteroatoms. The fourth-order valence-electron chi connectivity index (χ4n) is 2.18. The Kier molecular flexibility index (Phi) is 7.56. The number of hydrogen-bond acceptors (Lipinski definition) is 3. The van der Waals surface area contributed by atoms with E-state index in [0.717, 1.165) is 31.4 Å². The molecule has 0 saturated carbocycles. The van der Waals surface area contributed by atoms with E-state index in [1.165, 1.54) is 19.3 Å². The minimum atomic E-state index is 0.506. The molecule has 1 rings (SSSR count). The molecule has 0 fully saturated rings. The summed E-state index contributed by atoms with van der Waals surface area (Å²) < 4.78 is 7.29. The molecular formula is C15H29N3O. The van der Waals surface area contributed by atoms with Crippen LogP contribution in [0.25, 0.3) is 0 Å². The lowest BCUT2D eigenvalue weighted by Gasteiger charge is -2.17. The Balaban J connectivity index is 2.37. The molecule has 1 heterocycles. The van der Waals surface area contributed by atoms with Gasteiger partial charge in [-0.1, -0.05) is 26.7 Å².